The van der Waals surface area contributed by atoms with Crippen molar-refractivity contribution in [3.05, 3.63) is 28.8 Å². The third-order valence-corrected chi connectivity index (χ3v) is 2.23. The molecule has 0 spiro atoms. The van der Waals surface area contributed by atoms with E-state index in [0.717, 1.165) is 22.4 Å². The van der Waals surface area contributed by atoms with Gasteiger partial charge in [0.2, 0.25) is 0 Å². The average molecular weight is 180 g/mol. The van der Waals surface area contributed by atoms with Gasteiger partial charge in [0.15, 0.2) is 0 Å². The monoisotopic (exact) mass is 180 g/mol. The van der Waals surface area contributed by atoms with Gasteiger partial charge in [-0.15, -0.1) is 0 Å². The molecule has 13 heavy (non-hydrogen) atoms. The second-order valence-electron chi connectivity index (χ2n) is 3.30. The fraction of sp³-hybridized carbons (Fsp3) is 0.400. The molecule has 0 bridgehead atoms. The van der Waals surface area contributed by atoms with Crippen LogP contribution in [0.2, 0.25) is 0 Å². The number of anilines is 1. The Bertz CT molecular complexity index is 308. The highest BCUT2D eigenvalue weighted by Gasteiger charge is 2.09. The number of hydrogen-bond donors (Lipinski definition) is 2. The van der Waals surface area contributed by atoms with Gasteiger partial charge < -0.3 is 10.1 Å². The maximum Gasteiger partial charge on any atom is 0.0705 e. The molecular formula is C10H16N2O. The lowest BCUT2D eigenvalue weighted by molar-refractivity contribution is 0.281. The van der Waals surface area contributed by atoms with Crippen molar-refractivity contribution in [2.45, 2.75) is 20.5 Å². The van der Waals surface area contributed by atoms with E-state index >= 15 is 0 Å². The Kier molecular flexibility index (Phi) is 2.90. The molecule has 72 valence electrons. The minimum Gasteiger partial charge on any atom is -0.392 e. The number of nitrogens with two attached hydrogens (primary N) is 1. The van der Waals surface area contributed by atoms with Crippen molar-refractivity contribution in [1.29, 1.82) is 0 Å². The van der Waals surface area contributed by atoms with E-state index in [0.29, 0.717) is 0 Å². The first-order valence-corrected chi connectivity index (χ1v) is 4.26. The van der Waals surface area contributed by atoms with E-state index in [2.05, 4.69) is 0 Å². The molecule has 1 rings (SSSR count). The van der Waals surface area contributed by atoms with Crippen molar-refractivity contribution >= 4 is 5.69 Å². The molecule has 0 atom stereocenters. The predicted octanol–water partition coefficient (Wildman–Crippen LogP) is 1.11. The van der Waals surface area contributed by atoms with Crippen LogP contribution in [0.25, 0.3) is 0 Å². The number of benzene rings is 1. The quantitative estimate of drug-likeness (QED) is 0.529. The Morgan fingerprint density at radius 1 is 1.31 bits per heavy atom. The predicted molar refractivity (Wildman–Crippen MR) is 54.4 cm³/mol. The molecule has 3 heteroatoms. The molecule has 0 amide bonds. The van der Waals surface area contributed by atoms with Gasteiger partial charge in [0.05, 0.1) is 12.3 Å². The molecule has 0 heterocycles. The second kappa shape index (κ2) is 3.77. The van der Waals surface area contributed by atoms with Crippen molar-refractivity contribution < 1.29 is 5.11 Å². The number of aliphatic hydroxyl groups is 1. The van der Waals surface area contributed by atoms with E-state index in [1.807, 2.05) is 26.0 Å². The summed E-state index contributed by atoms with van der Waals surface area (Å²) in [4.78, 5) is 0. The standard InChI is InChI=1S/C10H16N2O/c1-7-4-5-8(2)10(12(3)11)9(7)6-13/h4-5,13H,6,11H2,1-3H3. The molecule has 0 aliphatic carbocycles. The van der Waals surface area contributed by atoms with Crippen molar-refractivity contribution in [3.63, 3.8) is 0 Å². The highest BCUT2D eigenvalue weighted by molar-refractivity contribution is 5.60. The Morgan fingerprint density at radius 2 is 1.85 bits per heavy atom. The molecule has 3 N–H and O–H groups in total. The van der Waals surface area contributed by atoms with Gasteiger partial charge in [0, 0.05) is 12.6 Å². The average Bonchev–Trinajstić information content (AvgIpc) is 2.07. The maximum atomic E-state index is 9.19. The van der Waals surface area contributed by atoms with Crippen LogP contribution < -0.4 is 10.9 Å². The van der Waals surface area contributed by atoms with Gasteiger partial charge in [0.25, 0.3) is 0 Å². The third-order valence-electron chi connectivity index (χ3n) is 2.23. The van der Waals surface area contributed by atoms with Gasteiger partial charge >= 0.3 is 0 Å². The van der Waals surface area contributed by atoms with Gasteiger partial charge in [-0.25, -0.2) is 5.84 Å². The lowest BCUT2D eigenvalue weighted by Crippen LogP contribution is -2.27. The smallest absolute Gasteiger partial charge is 0.0705 e. The van der Waals surface area contributed by atoms with Crippen LogP contribution in [-0.4, -0.2) is 12.2 Å². The number of nitrogens with zero attached hydrogens (tertiary/aromatic N) is 1. The Morgan fingerprint density at radius 3 is 2.23 bits per heavy atom. The van der Waals surface area contributed by atoms with E-state index in [-0.39, 0.29) is 6.61 Å². The zero-order valence-corrected chi connectivity index (χ0v) is 8.33. The number of hydrogen-bond acceptors (Lipinski definition) is 3. The molecule has 3 nitrogen and oxygen atoms in total. The molecule has 0 saturated heterocycles. The van der Waals surface area contributed by atoms with Crippen LogP contribution in [-0.2, 0) is 6.61 Å². The molecule has 0 aliphatic heterocycles. The molecule has 1 aromatic rings. The second-order valence-corrected chi connectivity index (χ2v) is 3.30. The first-order chi connectivity index (χ1) is 6.07. The summed E-state index contributed by atoms with van der Waals surface area (Å²) >= 11 is 0. The molecular weight excluding hydrogens is 164 g/mol. The van der Waals surface area contributed by atoms with Crippen molar-refractivity contribution in [3.8, 4) is 0 Å². The van der Waals surface area contributed by atoms with Crippen LogP contribution in [0.5, 0.6) is 0 Å². The largest absolute Gasteiger partial charge is 0.392 e. The molecule has 0 aliphatic rings. The minimum absolute atomic E-state index is 0.0321. The van der Waals surface area contributed by atoms with Gasteiger partial charge in [-0.05, 0) is 25.0 Å². The maximum absolute atomic E-state index is 9.19. The summed E-state index contributed by atoms with van der Waals surface area (Å²) in [5, 5.41) is 10.7. The zero-order chi connectivity index (χ0) is 10.0. The summed E-state index contributed by atoms with van der Waals surface area (Å²) in [5.74, 6) is 5.68. The van der Waals surface area contributed by atoms with E-state index in [9.17, 15) is 5.11 Å². The summed E-state index contributed by atoms with van der Waals surface area (Å²) in [6.07, 6.45) is 0. The lowest BCUT2D eigenvalue weighted by Gasteiger charge is -2.20. The van der Waals surface area contributed by atoms with Crippen LogP contribution in [0.3, 0.4) is 0 Å². The first-order valence-electron chi connectivity index (χ1n) is 4.26. The summed E-state index contributed by atoms with van der Waals surface area (Å²) < 4.78 is 0. The van der Waals surface area contributed by atoms with Crippen LogP contribution >= 0.6 is 0 Å². The molecule has 0 aromatic heterocycles. The van der Waals surface area contributed by atoms with E-state index in [1.54, 1.807) is 12.1 Å². The Hall–Kier alpha value is -1.06. The summed E-state index contributed by atoms with van der Waals surface area (Å²) in [6.45, 7) is 3.99. The summed E-state index contributed by atoms with van der Waals surface area (Å²) in [7, 11) is 1.78. The number of aryl methyl sites for hydroxylation is 2. The van der Waals surface area contributed by atoms with Crippen molar-refractivity contribution in [2.24, 2.45) is 5.84 Å². The van der Waals surface area contributed by atoms with Crippen LogP contribution in [0, 0.1) is 13.8 Å². The van der Waals surface area contributed by atoms with Gasteiger partial charge in [-0.2, -0.15) is 0 Å². The van der Waals surface area contributed by atoms with Crippen molar-refractivity contribution in [1.82, 2.24) is 0 Å². The molecule has 0 radical (unpaired) electrons. The Balaban J connectivity index is 3.35. The molecule has 0 unspecified atom stereocenters. The normalized spacial score (nSPS) is 10.2. The molecule has 0 saturated carbocycles. The number of hydrazine groups is 1. The number of aliphatic hydroxyl groups excluding tert-OH is 1. The minimum atomic E-state index is 0.0321. The fourth-order valence-electron chi connectivity index (χ4n) is 1.54. The van der Waals surface area contributed by atoms with Gasteiger partial charge in [0.1, 0.15) is 0 Å². The SMILES string of the molecule is Cc1ccc(C)c(N(C)N)c1CO. The van der Waals surface area contributed by atoms with Crippen LogP contribution in [0.1, 0.15) is 16.7 Å². The summed E-state index contributed by atoms with van der Waals surface area (Å²) in [6, 6.07) is 4.00. The van der Waals surface area contributed by atoms with Crippen LogP contribution in [0.15, 0.2) is 12.1 Å². The molecule has 1 aromatic carbocycles. The highest BCUT2D eigenvalue weighted by Crippen LogP contribution is 2.25. The fourth-order valence-corrected chi connectivity index (χ4v) is 1.54. The Labute approximate surface area is 78.8 Å². The van der Waals surface area contributed by atoms with E-state index < -0.39 is 0 Å². The first kappa shape index (κ1) is 10.0. The summed E-state index contributed by atoms with van der Waals surface area (Å²) in [5.41, 5.74) is 3.98. The zero-order valence-electron chi connectivity index (χ0n) is 8.33. The topological polar surface area (TPSA) is 49.5 Å². The number of rotatable bonds is 2. The van der Waals surface area contributed by atoms with Gasteiger partial charge in [-0.3, -0.25) is 0 Å². The van der Waals surface area contributed by atoms with Crippen LogP contribution in [0.4, 0.5) is 5.69 Å². The highest BCUT2D eigenvalue weighted by atomic mass is 16.3. The van der Waals surface area contributed by atoms with Crippen molar-refractivity contribution in [2.75, 3.05) is 12.1 Å². The van der Waals surface area contributed by atoms with E-state index in [4.69, 9.17) is 5.84 Å². The molecule has 0 fully saturated rings. The third kappa shape index (κ3) is 1.82. The van der Waals surface area contributed by atoms with E-state index in [1.165, 1.54) is 0 Å². The van der Waals surface area contributed by atoms with Gasteiger partial charge in [-0.1, -0.05) is 12.1 Å². The lowest BCUT2D eigenvalue weighted by atomic mass is 10.0.